The van der Waals surface area contributed by atoms with Gasteiger partial charge in [-0.2, -0.15) is 0 Å². The van der Waals surface area contributed by atoms with Crippen LogP contribution < -0.4 is 5.14 Å². The highest BCUT2D eigenvalue weighted by molar-refractivity contribution is 7.89. The summed E-state index contributed by atoms with van der Waals surface area (Å²) in [4.78, 5) is 14.5. The Morgan fingerprint density at radius 3 is 2.50 bits per heavy atom. The molecule has 1 aromatic rings. The number of rotatable bonds is 3. The van der Waals surface area contributed by atoms with Crippen molar-refractivity contribution in [1.29, 1.82) is 0 Å². The van der Waals surface area contributed by atoms with Crippen molar-refractivity contribution in [2.45, 2.75) is 18.2 Å². The van der Waals surface area contributed by atoms with Gasteiger partial charge in [0.05, 0.1) is 0 Å². The zero-order valence-corrected chi connectivity index (χ0v) is 8.41. The fourth-order valence-corrected chi connectivity index (χ4v) is 1.40. The second-order valence-electron chi connectivity index (χ2n) is 2.91. The molecule has 76 valence electrons. The van der Waals surface area contributed by atoms with Crippen molar-refractivity contribution in [3.05, 3.63) is 24.0 Å². The normalized spacial score (nSPS) is 11.3. The number of aromatic nitrogens is 1. The number of nitrogens with two attached hydrogens (primary N) is 1. The van der Waals surface area contributed by atoms with Gasteiger partial charge in [0.15, 0.2) is 0 Å². The van der Waals surface area contributed by atoms with Crippen LogP contribution in [0.2, 0.25) is 0 Å². The summed E-state index contributed by atoms with van der Waals surface area (Å²) in [6.07, 6.45) is 1.35. The minimum Gasteiger partial charge on any atom is -0.300 e. The van der Waals surface area contributed by atoms with Gasteiger partial charge in [-0.3, -0.25) is 9.78 Å². The van der Waals surface area contributed by atoms with Crippen LogP contribution >= 0.6 is 0 Å². The minimum absolute atomic E-state index is 0.0270. The average molecular weight is 214 g/mol. The molecule has 0 aliphatic rings. The van der Waals surface area contributed by atoms with Gasteiger partial charge in [-0.1, -0.05) is 0 Å². The Kier molecular flexibility index (Phi) is 2.97. The van der Waals surface area contributed by atoms with E-state index in [2.05, 4.69) is 4.98 Å². The summed E-state index contributed by atoms with van der Waals surface area (Å²) in [5, 5.41) is 4.87. The van der Waals surface area contributed by atoms with Crippen LogP contribution in [-0.4, -0.2) is 19.2 Å². The standard InChI is InChI=1S/C8H10N2O3S/c1-6(11)4-7-2-3-8(5-10-7)14(9,12)13/h2-3,5H,4H2,1H3,(H2,9,12,13). The van der Waals surface area contributed by atoms with Crippen LogP contribution in [0.5, 0.6) is 0 Å². The quantitative estimate of drug-likeness (QED) is 0.758. The first-order chi connectivity index (χ1) is 6.39. The van der Waals surface area contributed by atoms with E-state index >= 15 is 0 Å². The molecule has 1 aromatic heterocycles. The van der Waals surface area contributed by atoms with E-state index in [1.54, 1.807) is 0 Å². The zero-order chi connectivity index (χ0) is 10.8. The van der Waals surface area contributed by atoms with Crippen LogP contribution in [0.4, 0.5) is 0 Å². The molecule has 0 aliphatic heterocycles. The van der Waals surface area contributed by atoms with E-state index in [1.165, 1.54) is 19.1 Å². The zero-order valence-electron chi connectivity index (χ0n) is 7.60. The van der Waals surface area contributed by atoms with Crippen LogP contribution in [0.1, 0.15) is 12.6 Å². The minimum atomic E-state index is -3.70. The maximum absolute atomic E-state index is 10.8. The first-order valence-electron chi connectivity index (χ1n) is 3.87. The smallest absolute Gasteiger partial charge is 0.239 e. The highest BCUT2D eigenvalue weighted by Gasteiger charge is 2.08. The summed E-state index contributed by atoms with van der Waals surface area (Å²) in [5.41, 5.74) is 0.532. The summed E-state index contributed by atoms with van der Waals surface area (Å²) in [6, 6.07) is 2.81. The Labute approximate surface area is 82.0 Å². The predicted molar refractivity (Wildman–Crippen MR) is 50.0 cm³/mol. The molecule has 1 rings (SSSR count). The van der Waals surface area contributed by atoms with E-state index in [1.807, 2.05) is 0 Å². The highest BCUT2D eigenvalue weighted by Crippen LogP contribution is 2.05. The first kappa shape index (κ1) is 10.8. The van der Waals surface area contributed by atoms with Crippen LogP contribution in [0.3, 0.4) is 0 Å². The Morgan fingerprint density at radius 2 is 2.14 bits per heavy atom. The molecule has 2 N–H and O–H groups in total. The number of nitrogens with zero attached hydrogens (tertiary/aromatic N) is 1. The number of hydrogen-bond acceptors (Lipinski definition) is 4. The van der Waals surface area contributed by atoms with Crippen LogP contribution in [0.25, 0.3) is 0 Å². The summed E-state index contributed by atoms with van der Waals surface area (Å²) < 4.78 is 21.7. The first-order valence-corrected chi connectivity index (χ1v) is 5.41. The Morgan fingerprint density at radius 1 is 1.50 bits per heavy atom. The highest BCUT2D eigenvalue weighted by atomic mass is 32.2. The van der Waals surface area contributed by atoms with Crippen molar-refractivity contribution in [1.82, 2.24) is 4.98 Å². The fourth-order valence-electron chi connectivity index (χ4n) is 0.939. The molecule has 0 saturated heterocycles. The second-order valence-corrected chi connectivity index (χ2v) is 4.47. The molecule has 0 spiro atoms. The van der Waals surface area contributed by atoms with Gasteiger partial charge in [-0.15, -0.1) is 0 Å². The Balaban J connectivity index is 2.95. The van der Waals surface area contributed by atoms with Gasteiger partial charge in [-0.25, -0.2) is 13.6 Å². The van der Waals surface area contributed by atoms with E-state index in [4.69, 9.17) is 5.14 Å². The van der Waals surface area contributed by atoms with Gasteiger partial charge in [0.1, 0.15) is 10.7 Å². The van der Waals surface area contributed by atoms with Crippen molar-refractivity contribution in [2.24, 2.45) is 5.14 Å². The molecule has 0 atom stereocenters. The van der Waals surface area contributed by atoms with Gasteiger partial charge in [0, 0.05) is 18.3 Å². The molecule has 0 amide bonds. The molecule has 0 unspecified atom stereocenters. The third kappa shape index (κ3) is 2.90. The molecule has 0 aromatic carbocycles. The molecule has 1 heterocycles. The molecule has 0 aliphatic carbocycles. The molecule has 5 nitrogen and oxygen atoms in total. The van der Waals surface area contributed by atoms with Crippen molar-refractivity contribution >= 4 is 15.8 Å². The monoisotopic (exact) mass is 214 g/mol. The molecule has 6 heteroatoms. The molecular weight excluding hydrogens is 204 g/mol. The lowest BCUT2D eigenvalue weighted by atomic mass is 10.2. The second kappa shape index (κ2) is 3.85. The number of primary sulfonamides is 1. The van der Waals surface area contributed by atoms with Crippen molar-refractivity contribution in [3.63, 3.8) is 0 Å². The molecule has 0 bridgehead atoms. The molecular formula is C8H10N2O3S. The third-order valence-electron chi connectivity index (χ3n) is 1.56. The summed E-state index contributed by atoms with van der Waals surface area (Å²) in [7, 11) is -3.70. The van der Waals surface area contributed by atoms with Crippen molar-refractivity contribution in [3.8, 4) is 0 Å². The summed E-state index contributed by atoms with van der Waals surface area (Å²) >= 11 is 0. The maximum Gasteiger partial charge on any atom is 0.239 e. The molecule has 14 heavy (non-hydrogen) atoms. The number of hydrogen-bond donors (Lipinski definition) is 1. The lowest BCUT2D eigenvalue weighted by Gasteiger charge is -1.99. The van der Waals surface area contributed by atoms with Gasteiger partial charge in [0.25, 0.3) is 0 Å². The van der Waals surface area contributed by atoms with E-state index in [0.29, 0.717) is 5.69 Å². The van der Waals surface area contributed by atoms with E-state index in [-0.39, 0.29) is 17.1 Å². The van der Waals surface area contributed by atoms with Crippen LogP contribution in [-0.2, 0) is 21.2 Å². The number of ketones is 1. The van der Waals surface area contributed by atoms with Crippen LogP contribution in [0, 0.1) is 0 Å². The van der Waals surface area contributed by atoms with E-state index in [0.717, 1.165) is 6.20 Å². The number of carbonyl (C=O) groups excluding carboxylic acids is 1. The number of sulfonamides is 1. The topological polar surface area (TPSA) is 90.1 Å². The number of carbonyl (C=O) groups is 1. The lowest BCUT2D eigenvalue weighted by Crippen LogP contribution is -2.12. The third-order valence-corrected chi connectivity index (χ3v) is 2.45. The summed E-state index contributed by atoms with van der Waals surface area (Å²) in [6.45, 7) is 1.44. The number of pyridine rings is 1. The fraction of sp³-hybridized carbons (Fsp3) is 0.250. The van der Waals surface area contributed by atoms with Gasteiger partial charge < -0.3 is 0 Å². The molecule has 0 fully saturated rings. The molecule has 0 saturated carbocycles. The Hall–Kier alpha value is -1.27. The van der Waals surface area contributed by atoms with E-state index in [9.17, 15) is 13.2 Å². The Bertz CT molecular complexity index is 436. The largest absolute Gasteiger partial charge is 0.300 e. The van der Waals surface area contributed by atoms with Gasteiger partial charge in [0.2, 0.25) is 10.0 Å². The maximum atomic E-state index is 10.8. The predicted octanol–water partition coefficient (Wildman–Crippen LogP) is -0.140. The van der Waals surface area contributed by atoms with Crippen LogP contribution in [0.15, 0.2) is 23.2 Å². The average Bonchev–Trinajstić information content (AvgIpc) is 2.02. The number of Topliss-reactive ketones (excluding diaryl/α,β-unsaturated/α-hetero) is 1. The van der Waals surface area contributed by atoms with E-state index < -0.39 is 10.0 Å². The van der Waals surface area contributed by atoms with Gasteiger partial charge >= 0.3 is 0 Å². The molecule has 0 radical (unpaired) electrons. The van der Waals surface area contributed by atoms with Crippen molar-refractivity contribution < 1.29 is 13.2 Å². The van der Waals surface area contributed by atoms with Gasteiger partial charge in [-0.05, 0) is 19.1 Å². The SMILES string of the molecule is CC(=O)Cc1ccc(S(N)(=O)=O)cn1. The summed E-state index contributed by atoms with van der Waals surface area (Å²) in [5.74, 6) is -0.0270. The lowest BCUT2D eigenvalue weighted by molar-refractivity contribution is -0.116. The van der Waals surface area contributed by atoms with Crippen molar-refractivity contribution in [2.75, 3.05) is 0 Å².